The summed E-state index contributed by atoms with van der Waals surface area (Å²) >= 11 is 4.92. The number of allylic oxidation sites excluding steroid dienone is 2. The zero-order valence-corrected chi connectivity index (χ0v) is 13.3. The molecule has 2 heteroatoms. The molecular weight excluding hydrogens is 252 g/mol. The largest absolute Gasteiger partial charge is 0.303 e. The fraction of sp³-hybridized carbons (Fsp3) is 0.824. The lowest BCUT2D eigenvalue weighted by molar-refractivity contribution is -0.107. The van der Waals surface area contributed by atoms with Crippen LogP contribution in [0.2, 0.25) is 0 Å². The van der Waals surface area contributed by atoms with E-state index in [0.717, 1.165) is 24.9 Å². The summed E-state index contributed by atoms with van der Waals surface area (Å²) < 4.78 is 0. The molecule has 1 nitrogen and oxygen atoms in total. The topological polar surface area (TPSA) is 17.1 Å². The van der Waals surface area contributed by atoms with Crippen molar-refractivity contribution in [3.8, 4) is 0 Å². The molecule has 19 heavy (non-hydrogen) atoms. The molecule has 0 saturated heterocycles. The molecule has 0 rings (SSSR count). The van der Waals surface area contributed by atoms with Gasteiger partial charge in [0.15, 0.2) is 0 Å². The number of unbranched alkanes of at least 4 members (excludes halogenated alkanes) is 11. The third kappa shape index (κ3) is 17.8. The van der Waals surface area contributed by atoms with E-state index < -0.39 is 0 Å². The first-order chi connectivity index (χ1) is 9.41. The van der Waals surface area contributed by atoms with Crippen molar-refractivity contribution in [2.75, 3.05) is 5.75 Å². The van der Waals surface area contributed by atoms with Crippen molar-refractivity contribution in [3.63, 3.8) is 0 Å². The second-order valence-electron chi connectivity index (χ2n) is 5.24. The Labute approximate surface area is 125 Å². The lowest BCUT2D eigenvalue weighted by Gasteiger charge is -1.98. The number of carbonyl (C=O) groups excluding carboxylic acids is 1. The average molecular weight is 284 g/mol. The number of aldehydes is 1. The summed E-state index contributed by atoms with van der Waals surface area (Å²) in [6.45, 7) is 0. The zero-order valence-electron chi connectivity index (χ0n) is 12.4. The van der Waals surface area contributed by atoms with Gasteiger partial charge in [-0.05, 0) is 38.5 Å². The Hall–Kier alpha value is -0.240. The van der Waals surface area contributed by atoms with Crippen LogP contribution >= 0.6 is 12.6 Å². The monoisotopic (exact) mass is 283 g/mol. The summed E-state index contributed by atoms with van der Waals surface area (Å²) in [5.41, 5.74) is 0. The van der Waals surface area contributed by atoms with E-state index in [0.29, 0.717) is 0 Å². The summed E-state index contributed by atoms with van der Waals surface area (Å²) in [5.74, 6) is 0.926. The average Bonchev–Trinajstić information content (AvgIpc) is 2.43. The first-order valence-electron chi connectivity index (χ1n) is 8.08. The molecule has 1 radical (unpaired) electrons. The van der Waals surface area contributed by atoms with Crippen molar-refractivity contribution in [3.05, 3.63) is 12.2 Å². The number of carbonyl (C=O) groups is 1. The Morgan fingerprint density at radius 2 is 1.00 bits per heavy atom. The molecular formula is C17H31OS. The molecule has 0 spiro atoms. The molecule has 0 aromatic heterocycles. The Morgan fingerprint density at radius 1 is 0.579 bits per heavy atom. The van der Waals surface area contributed by atoms with Crippen LogP contribution in [0.15, 0.2) is 12.2 Å². The fourth-order valence-electron chi connectivity index (χ4n) is 2.15. The van der Waals surface area contributed by atoms with Crippen molar-refractivity contribution < 1.29 is 4.79 Å². The van der Waals surface area contributed by atoms with Gasteiger partial charge in [0, 0.05) is 12.2 Å². The van der Waals surface area contributed by atoms with Crippen molar-refractivity contribution in [1.29, 1.82) is 0 Å². The van der Waals surface area contributed by atoms with E-state index in [2.05, 4.69) is 12.2 Å². The highest BCUT2D eigenvalue weighted by Gasteiger charge is 1.90. The van der Waals surface area contributed by atoms with Crippen LogP contribution in [-0.4, -0.2) is 12.0 Å². The lowest BCUT2D eigenvalue weighted by atomic mass is 10.1. The SMILES string of the molecule is O=CCCCCCCC/C=C\CCCCCCC[S]. The quantitative estimate of drug-likeness (QED) is 0.204. The van der Waals surface area contributed by atoms with Crippen LogP contribution in [0, 0.1) is 0 Å². The Bertz CT molecular complexity index is 201. The molecule has 0 bridgehead atoms. The molecule has 0 aromatic rings. The van der Waals surface area contributed by atoms with Crippen LogP contribution in [0.4, 0.5) is 0 Å². The number of hydrogen-bond acceptors (Lipinski definition) is 1. The predicted molar refractivity (Wildman–Crippen MR) is 87.7 cm³/mol. The molecule has 0 amide bonds. The minimum absolute atomic E-state index is 0.742. The first-order valence-corrected chi connectivity index (χ1v) is 8.66. The van der Waals surface area contributed by atoms with E-state index in [1.807, 2.05) is 0 Å². The van der Waals surface area contributed by atoms with Gasteiger partial charge in [-0.25, -0.2) is 0 Å². The van der Waals surface area contributed by atoms with E-state index in [1.165, 1.54) is 70.6 Å². The van der Waals surface area contributed by atoms with E-state index in [4.69, 9.17) is 12.6 Å². The van der Waals surface area contributed by atoms with Crippen molar-refractivity contribution >= 4 is 18.9 Å². The van der Waals surface area contributed by atoms with Gasteiger partial charge in [-0.15, -0.1) is 0 Å². The summed E-state index contributed by atoms with van der Waals surface area (Å²) in [4.78, 5) is 10.1. The zero-order chi connectivity index (χ0) is 14.0. The van der Waals surface area contributed by atoms with Crippen LogP contribution in [0.1, 0.15) is 83.5 Å². The molecule has 0 aliphatic heterocycles. The van der Waals surface area contributed by atoms with Gasteiger partial charge in [-0.3, -0.25) is 0 Å². The molecule has 0 saturated carbocycles. The number of hydrogen-bond donors (Lipinski definition) is 0. The standard InChI is InChI=1S/C17H31OS/c18-16-14-12-10-8-6-4-2-1-3-5-7-9-11-13-15-17-19/h1,3,16H,2,4-15,17H2/b3-1-. The molecule has 0 aliphatic rings. The normalized spacial score (nSPS) is 11.2. The maximum absolute atomic E-state index is 10.1. The highest BCUT2D eigenvalue weighted by atomic mass is 32.1. The highest BCUT2D eigenvalue weighted by Crippen LogP contribution is 2.09. The summed E-state index contributed by atoms with van der Waals surface area (Å²) in [6.07, 6.45) is 21.7. The van der Waals surface area contributed by atoms with Gasteiger partial charge < -0.3 is 4.79 Å². The van der Waals surface area contributed by atoms with Crippen molar-refractivity contribution in [2.24, 2.45) is 0 Å². The van der Waals surface area contributed by atoms with Gasteiger partial charge in [0.25, 0.3) is 0 Å². The van der Waals surface area contributed by atoms with E-state index in [-0.39, 0.29) is 0 Å². The summed E-state index contributed by atoms with van der Waals surface area (Å²) in [7, 11) is 0. The molecule has 0 aliphatic carbocycles. The first kappa shape index (κ1) is 18.8. The van der Waals surface area contributed by atoms with E-state index in [9.17, 15) is 4.79 Å². The second-order valence-corrected chi connectivity index (χ2v) is 5.65. The molecule has 0 atom stereocenters. The predicted octanol–water partition coefficient (Wildman–Crippen LogP) is 6.01. The van der Waals surface area contributed by atoms with E-state index >= 15 is 0 Å². The minimum atomic E-state index is 0.742. The van der Waals surface area contributed by atoms with Crippen LogP contribution in [0.25, 0.3) is 0 Å². The smallest absolute Gasteiger partial charge is 0.119 e. The van der Waals surface area contributed by atoms with Gasteiger partial charge in [0.2, 0.25) is 0 Å². The molecule has 0 aromatic carbocycles. The van der Waals surface area contributed by atoms with Gasteiger partial charge >= 0.3 is 0 Å². The van der Waals surface area contributed by atoms with Crippen molar-refractivity contribution in [2.45, 2.75) is 83.5 Å². The molecule has 0 unspecified atom stereocenters. The Balaban J connectivity index is 3.03. The highest BCUT2D eigenvalue weighted by molar-refractivity contribution is 7.80. The van der Waals surface area contributed by atoms with Gasteiger partial charge in [-0.1, -0.05) is 63.3 Å². The van der Waals surface area contributed by atoms with Crippen molar-refractivity contribution in [1.82, 2.24) is 0 Å². The summed E-state index contributed by atoms with van der Waals surface area (Å²) in [6, 6.07) is 0. The van der Waals surface area contributed by atoms with E-state index in [1.54, 1.807) is 0 Å². The van der Waals surface area contributed by atoms with Crippen LogP contribution in [0.5, 0.6) is 0 Å². The maximum Gasteiger partial charge on any atom is 0.119 e. The molecule has 0 fully saturated rings. The number of rotatable bonds is 15. The molecule has 0 heterocycles. The summed E-state index contributed by atoms with van der Waals surface area (Å²) in [5, 5.41) is 0. The maximum atomic E-state index is 10.1. The Kier molecular flexibility index (Phi) is 17.5. The third-order valence-corrected chi connectivity index (χ3v) is 3.66. The van der Waals surface area contributed by atoms with Gasteiger partial charge in [0.05, 0.1) is 0 Å². The second kappa shape index (κ2) is 17.8. The molecule has 111 valence electrons. The Morgan fingerprint density at radius 3 is 1.47 bits per heavy atom. The van der Waals surface area contributed by atoms with Crippen LogP contribution in [0.3, 0.4) is 0 Å². The molecule has 0 N–H and O–H groups in total. The van der Waals surface area contributed by atoms with Gasteiger partial charge in [0.1, 0.15) is 6.29 Å². The van der Waals surface area contributed by atoms with Crippen LogP contribution < -0.4 is 0 Å². The minimum Gasteiger partial charge on any atom is -0.303 e. The van der Waals surface area contributed by atoms with Crippen LogP contribution in [-0.2, 0) is 4.79 Å². The fourth-order valence-corrected chi connectivity index (χ4v) is 2.35. The van der Waals surface area contributed by atoms with Gasteiger partial charge in [-0.2, -0.15) is 0 Å². The third-order valence-electron chi connectivity index (χ3n) is 3.37. The lowest BCUT2D eigenvalue weighted by Crippen LogP contribution is -1.80.